The van der Waals surface area contributed by atoms with E-state index in [2.05, 4.69) is 14.8 Å². The van der Waals surface area contributed by atoms with E-state index in [1.165, 1.54) is 31.5 Å². The topological polar surface area (TPSA) is 158 Å². The van der Waals surface area contributed by atoms with Crippen molar-refractivity contribution in [3.05, 3.63) is 62.1 Å². The third-order valence-corrected chi connectivity index (χ3v) is 6.95. The molecule has 15 heteroatoms. The van der Waals surface area contributed by atoms with Crippen molar-refractivity contribution in [2.75, 3.05) is 13.9 Å². The molecule has 0 aliphatic heterocycles. The fourth-order valence-corrected chi connectivity index (χ4v) is 4.91. The Balaban J connectivity index is 1.64. The van der Waals surface area contributed by atoms with Crippen LogP contribution in [-0.2, 0) is 15.7 Å². The van der Waals surface area contributed by atoms with Gasteiger partial charge in [-0.15, -0.1) is 0 Å². The second-order valence-corrected chi connectivity index (χ2v) is 9.81. The van der Waals surface area contributed by atoms with Crippen molar-refractivity contribution in [3.8, 4) is 23.1 Å². The Kier molecular flexibility index (Phi) is 8.30. The van der Waals surface area contributed by atoms with E-state index < -0.39 is 40.5 Å². The zero-order valence-corrected chi connectivity index (χ0v) is 21.4. The van der Waals surface area contributed by atoms with Gasteiger partial charge in [-0.1, -0.05) is 0 Å². The first-order valence-electron chi connectivity index (χ1n) is 11.4. The zero-order chi connectivity index (χ0) is 27.6. The second-order valence-electron chi connectivity index (χ2n) is 8.60. The van der Waals surface area contributed by atoms with Gasteiger partial charge in [-0.2, -0.15) is 9.78 Å². The van der Waals surface area contributed by atoms with Gasteiger partial charge in [0, 0.05) is 19.2 Å². The maximum Gasteiger partial charge on any atom is 0.349 e. The molecule has 38 heavy (non-hydrogen) atoms. The van der Waals surface area contributed by atoms with Crippen LogP contribution in [0.4, 0.5) is 8.78 Å². The molecule has 0 radical (unpaired) electrons. The predicted octanol–water partition coefficient (Wildman–Crippen LogP) is 1.78. The summed E-state index contributed by atoms with van der Waals surface area (Å²) >= 11 is 0. The number of hydrogen-bond acceptors (Lipinski definition) is 9. The van der Waals surface area contributed by atoms with E-state index in [4.69, 9.17) is 14.2 Å². The van der Waals surface area contributed by atoms with Crippen LogP contribution in [0.15, 0.2) is 38.9 Å². The highest BCUT2D eigenvalue weighted by Crippen LogP contribution is 2.33. The van der Waals surface area contributed by atoms with Crippen molar-refractivity contribution >= 4 is 11.0 Å². The van der Waals surface area contributed by atoms with E-state index in [1.54, 1.807) is 13.8 Å². The van der Waals surface area contributed by atoms with Crippen LogP contribution in [0.25, 0.3) is 5.69 Å². The number of hydrogen-bond donors (Lipinski definition) is 3. The van der Waals surface area contributed by atoms with Gasteiger partial charge in [-0.05, 0) is 49.9 Å². The summed E-state index contributed by atoms with van der Waals surface area (Å²) in [5, 5.41) is 13.0. The molecule has 1 aromatic carbocycles. The minimum Gasteiger partial charge on any atom is -0.465 e. The number of alkyl halides is 2. The summed E-state index contributed by atoms with van der Waals surface area (Å²) in [7, 11) is -0.269. The molecule has 1 aliphatic rings. The Labute approximate surface area is 217 Å². The van der Waals surface area contributed by atoms with Gasteiger partial charge in [0.25, 0.3) is 12.0 Å². The van der Waals surface area contributed by atoms with Gasteiger partial charge < -0.3 is 19.3 Å². The molecular formula is C23H25F2N5O7S. The number of rotatable bonds is 10. The Morgan fingerprint density at radius 2 is 1.92 bits per heavy atom. The minimum absolute atomic E-state index is 0.0897. The van der Waals surface area contributed by atoms with Crippen molar-refractivity contribution in [3.63, 3.8) is 0 Å². The molecule has 204 valence electrons. The van der Waals surface area contributed by atoms with E-state index >= 15 is 0 Å². The second kappa shape index (κ2) is 11.5. The lowest BCUT2D eigenvalue weighted by Gasteiger charge is -2.31. The monoisotopic (exact) mass is 553 g/mol. The highest BCUT2D eigenvalue weighted by Gasteiger charge is 2.29. The maximum absolute atomic E-state index is 13.1. The van der Waals surface area contributed by atoms with Crippen LogP contribution < -0.4 is 25.4 Å². The highest BCUT2D eigenvalue weighted by atomic mass is 32.2. The molecule has 3 aromatic rings. The van der Waals surface area contributed by atoms with Crippen LogP contribution in [-0.4, -0.2) is 55.1 Å². The quantitative estimate of drug-likeness (QED) is 0.318. The van der Waals surface area contributed by atoms with E-state index in [-0.39, 0.29) is 35.0 Å². The number of benzene rings is 1. The van der Waals surface area contributed by atoms with Crippen molar-refractivity contribution in [1.29, 1.82) is 0 Å². The third kappa shape index (κ3) is 5.96. The number of aryl methyl sites for hydroxylation is 2. The van der Waals surface area contributed by atoms with Crippen molar-refractivity contribution in [2.24, 2.45) is 0 Å². The summed E-state index contributed by atoms with van der Waals surface area (Å²) in [6.07, 6.45) is -1.30. The SMILES string of the molecule is COCOc1cnc(Oc2c(C)cc(-n3nc(C(F)F)c(=O)[nH]c3=O)cc2C)cc1S(=O)NC1CC(O)C1. The van der Waals surface area contributed by atoms with Gasteiger partial charge in [0.1, 0.15) is 21.6 Å². The summed E-state index contributed by atoms with van der Waals surface area (Å²) in [6.45, 7) is 3.23. The number of aliphatic hydroxyl groups is 1. The first-order valence-corrected chi connectivity index (χ1v) is 12.5. The molecule has 2 aromatic heterocycles. The first-order chi connectivity index (χ1) is 18.1. The number of halogens is 2. The normalized spacial score (nSPS) is 17.8. The molecule has 1 unspecified atom stereocenters. The summed E-state index contributed by atoms with van der Waals surface area (Å²) in [5.41, 5.74) is -2.16. The molecule has 0 bridgehead atoms. The fraction of sp³-hybridized carbons (Fsp3) is 0.391. The summed E-state index contributed by atoms with van der Waals surface area (Å²) in [4.78, 5) is 30.2. The largest absolute Gasteiger partial charge is 0.465 e. The number of aromatic nitrogens is 4. The molecule has 0 amide bonds. The van der Waals surface area contributed by atoms with Gasteiger partial charge in [0.15, 0.2) is 18.2 Å². The van der Waals surface area contributed by atoms with Crippen molar-refractivity contribution < 1.29 is 32.3 Å². The van der Waals surface area contributed by atoms with E-state index in [9.17, 15) is 27.7 Å². The van der Waals surface area contributed by atoms with Crippen LogP contribution in [0.1, 0.15) is 36.1 Å². The van der Waals surface area contributed by atoms with E-state index in [0.29, 0.717) is 34.4 Å². The van der Waals surface area contributed by atoms with Crippen molar-refractivity contribution in [2.45, 2.75) is 50.2 Å². The summed E-state index contributed by atoms with van der Waals surface area (Å²) in [6, 6.07) is 4.27. The standard InChI is InChI=1S/C23H25F2N5O7S/c1-11-4-14(30-23(33)27-22(32)19(28-30)21(24)25)5-12(2)20(11)37-18-8-17(16(9-26-18)36-10-35-3)38(34)29-13-6-15(31)7-13/h4-5,8-9,13,15,21,29,31H,6-7,10H2,1-3H3,(H,27,32,33). The van der Waals surface area contributed by atoms with Crippen LogP contribution >= 0.6 is 0 Å². The number of H-pyrrole nitrogens is 1. The average molecular weight is 554 g/mol. The lowest BCUT2D eigenvalue weighted by Crippen LogP contribution is -2.44. The molecule has 1 aliphatic carbocycles. The lowest BCUT2D eigenvalue weighted by atomic mass is 9.91. The Bertz CT molecular complexity index is 1450. The van der Waals surface area contributed by atoms with Crippen LogP contribution in [0.2, 0.25) is 0 Å². The molecular weight excluding hydrogens is 528 g/mol. The Hall–Kier alpha value is -3.53. The van der Waals surface area contributed by atoms with E-state index in [0.717, 1.165) is 0 Å². The van der Waals surface area contributed by atoms with Gasteiger partial charge in [-0.3, -0.25) is 9.78 Å². The number of pyridine rings is 1. The number of aromatic amines is 1. The summed E-state index contributed by atoms with van der Waals surface area (Å²) < 4.78 is 59.3. The molecule has 1 saturated carbocycles. The van der Waals surface area contributed by atoms with Crippen LogP contribution in [0.3, 0.4) is 0 Å². The minimum atomic E-state index is -3.17. The van der Waals surface area contributed by atoms with E-state index in [1.807, 2.05) is 4.98 Å². The highest BCUT2D eigenvalue weighted by molar-refractivity contribution is 7.83. The number of nitrogens with one attached hydrogen (secondary N) is 2. The zero-order valence-electron chi connectivity index (χ0n) is 20.6. The molecule has 3 N–H and O–H groups in total. The predicted molar refractivity (Wildman–Crippen MR) is 130 cm³/mol. The van der Waals surface area contributed by atoms with Gasteiger partial charge in [-0.25, -0.2) is 27.5 Å². The molecule has 0 spiro atoms. The molecule has 4 rings (SSSR count). The van der Waals surface area contributed by atoms with Gasteiger partial charge in [0.2, 0.25) is 5.88 Å². The Morgan fingerprint density at radius 1 is 1.24 bits per heavy atom. The summed E-state index contributed by atoms with van der Waals surface area (Å²) in [5.74, 6) is 0.657. The molecule has 1 fully saturated rings. The van der Waals surface area contributed by atoms with Gasteiger partial charge >= 0.3 is 5.69 Å². The maximum atomic E-state index is 13.1. The first kappa shape index (κ1) is 27.5. The number of aliphatic hydroxyl groups excluding tert-OH is 1. The number of ether oxygens (including phenoxy) is 3. The third-order valence-electron chi connectivity index (χ3n) is 5.68. The molecule has 12 nitrogen and oxygen atoms in total. The van der Waals surface area contributed by atoms with Gasteiger partial charge in [0.05, 0.1) is 18.0 Å². The lowest BCUT2D eigenvalue weighted by molar-refractivity contribution is 0.0486. The average Bonchev–Trinajstić information content (AvgIpc) is 2.84. The molecule has 0 saturated heterocycles. The Morgan fingerprint density at radius 3 is 2.53 bits per heavy atom. The van der Waals surface area contributed by atoms with Crippen molar-refractivity contribution in [1.82, 2.24) is 24.5 Å². The molecule has 1 atom stereocenters. The molecule has 2 heterocycles. The van der Waals surface area contributed by atoms with Crippen LogP contribution in [0.5, 0.6) is 17.4 Å². The number of nitrogens with zero attached hydrogens (tertiary/aromatic N) is 3. The smallest absolute Gasteiger partial charge is 0.349 e. The van der Waals surface area contributed by atoms with Crippen LogP contribution in [0, 0.1) is 13.8 Å². The number of methoxy groups -OCH3 is 1. The fourth-order valence-electron chi connectivity index (χ4n) is 3.78.